The highest BCUT2D eigenvalue weighted by Crippen LogP contribution is 2.22. The molecule has 1 aromatic carbocycles. The Morgan fingerprint density at radius 3 is 2.90 bits per heavy atom. The van der Waals surface area contributed by atoms with Crippen molar-refractivity contribution in [3.8, 4) is 5.75 Å². The van der Waals surface area contributed by atoms with Gasteiger partial charge in [-0.1, -0.05) is 23.7 Å². The molecule has 0 aliphatic rings. The third kappa shape index (κ3) is 7.87. The molecular formula is C14H21ClN2O4. The van der Waals surface area contributed by atoms with E-state index in [1.807, 2.05) is 0 Å². The van der Waals surface area contributed by atoms with Gasteiger partial charge in [0.2, 0.25) is 5.91 Å². The Kier molecular flexibility index (Phi) is 8.77. The molecule has 1 rings (SSSR count). The minimum absolute atomic E-state index is 0.0992. The van der Waals surface area contributed by atoms with Crippen LogP contribution in [0.15, 0.2) is 24.3 Å². The van der Waals surface area contributed by atoms with E-state index in [1.165, 1.54) is 0 Å². The molecule has 0 heterocycles. The van der Waals surface area contributed by atoms with Gasteiger partial charge in [-0.3, -0.25) is 4.79 Å². The number of nitrogens with one attached hydrogen (secondary N) is 2. The molecule has 118 valence electrons. The van der Waals surface area contributed by atoms with Crippen LogP contribution in [0.1, 0.15) is 0 Å². The van der Waals surface area contributed by atoms with Crippen LogP contribution in [0.4, 0.5) is 0 Å². The van der Waals surface area contributed by atoms with Crippen molar-refractivity contribution in [1.29, 1.82) is 0 Å². The molecule has 1 unspecified atom stereocenters. The molecule has 0 aliphatic carbocycles. The minimum atomic E-state index is -0.729. The summed E-state index contributed by atoms with van der Waals surface area (Å²) in [4.78, 5) is 11.4. The molecule has 0 bridgehead atoms. The third-order valence-corrected chi connectivity index (χ3v) is 2.87. The fourth-order valence-corrected chi connectivity index (χ4v) is 1.70. The maximum Gasteiger partial charge on any atom is 0.234 e. The molecular weight excluding hydrogens is 296 g/mol. The van der Waals surface area contributed by atoms with Crippen LogP contribution >= 0.6 is 11.6 Å². The number of carbonyl (C=O) groups is 1. The Hall–Kier alpha value is -1.34. The minimum Gasteiger partial charge on any atom is -0.489 e. The average Bonchev–Trinajstić information content (AvgIpc) is 2.47. The monoisotopic (exact) mass is 316 g/mol. The van der Waals surface area contributed by atoms with E-state index >= 15 is 0 Å². The number of amides is 1. The summed E-state index contributed by atoms with van der Waals surface area (Å²) >= 11 is 5.93. The highest BCUT2D eigenvalue weighted by molar-refractivity contribution is 6.32. The topological polar surface area (TPSA) is 79.8 Å². The van der Waals surface area contributed by atoms with Gasteiger partial charge >= 0.3 is 0 Å². The lowest BCUT2D eigenvalue weighted by atomic mass is 10.3. The van der Waals surface area contributed by atoms with Crippen molar-refractivity contribution < 1.29 is 19.4 Å². The van der Waals surface area contributed by atoms with Gasteiger partial charge in [-0.05, 0) is 12.1 Å². The van der Waals surface area contributed by atoms with E-state index < -0.39 is 6.10 Å². The molecule has 0 saturated carbocycles. The lowest BCUT2D eigenvalue weighted by molar-refractivity contribution is -0.120. The van der Waals surface area contributed by atoms with Crippen LogP contribution in [0, 0.1) is 0 Å². The van der Waals surface area contributed by atoms with E-state index in [9.17, 15) is 9.90 Å². The second kappa shape index (κ2) is 10.4. The van der Waals surface area contributed by atoms with Gasteiger partial charge < -0.3 is 25.2 Å². The number of aliphatic hydroxyl groups is 1. The van der Waals surface area contributed by atoms with Gasteiger partial charge in [0.05, 0.1) is 18.2 Å². The largest absolute Gasteiger partial charge is 0.489 e. The molecule has 1 amide bonds. The maximum absolute atomic E-state index is 11.4. The summed E-state index contributed by atoms with van der Waals surface area (Å²) in [5, 5.41) is 15.8. The number of aliphatic hydroxyl groups excluding tert-OH is 1. The predicted octanol–water partition coefficient (Wildman–Crippen LogP) is 0.432. The molecule has 7 heteroatoms. The summed E-state index contributed by atoms with van der Waals surface area (Å²) in [6.45, 7) is 1.42. The Morgan fingerprint density at radius 1 is 1.43 bits per heavy atom. The van der Waals surface area contributed by atoms with Gasteiger partial charge in [0, 0.05) is 20.2 Å². The third-order valence-electron chi connectivity index (χ3n) is 2.56. The highest BCUT2D eigenvalue weighted by atomic mass is 35.5. The number of methoxy groups -OCH3 is 1. The molecule has 0 aromatic heterocycles. The fraction of sp³-hybridized carbons (Fsp3) is 0.500. The molecule has 0 aliphatic heterocycles. The number of hydrogen-bond donors (Lipinski definition) is 3. The van der Waals surface area contributed by atoms with E-state index in [-0.39, 0.29) is 25.6 Å². The smallest absolute Gasteiger partial charge is 0.234 e. The first kappa shape index (κ1) is 17.7. The van der Waals surface area contributed by atoms with Gasteiger partial charge in [0.25, 0.3) is 0 Å². The van der Waals surface area contributed by atoms with Crippen molar-refractivity contribution in [1.82, 2.24) is 10.6 Å². The van der Waals surface area contributed by atoms with Gasteiger partial charge in [-0.15, -0.1) is 0 Å². The predicted molar refractivity (Wildman–Crippen MR) is 80.7 cm³/mol. The first-order valence-corrected chi connectivity index (χ1v) is 7.03. The molecule has 0 spiro atoms. The van der Waals surface area contributed by atoms with Crippen molar-refractivity contribution in [2.75, 3.05) is 40.0 Å². The van der Waals surface area contributed by atoms with Crippen molar-refractivity contribution in [2.24, 2.45) is 0 Å². The first-order valence-electron chi connectivity index (χ1n) is 6.65. The molecule has 21 heavy (non-hydrogen) atoms. The van der Waals surface area contributed by atoms with E-state index in [1.54, 1.807) is 31.4 Å². The Morgan fingerprint density at radius 2 is 2.19 bits per heavy atom. The van der Waals surface area contributed by atoms with Gasteiger partial charge in [-0.2, -0.15) is 0 Å². The van der Waals surface area contributed by atoms with E-state index in [2.05, 4.69) is 10.6 Å². The summed E-state index contributed by atoms with van der Waals surface area (Å²) < 4.78 is 10.2. The number of hydrogen-bond acceptors (Lipinski definition) is 5. The van der Waals surface area contributed by atoms with Crippen LogP contribution in [-0.4, -0.2) is 57.1 Å². The highest BCUT2D eigenvalue weighted by Gasteiger charge is 2.08. The standard InChI is InChI=1S/C14H21ClN2O4/c1-20-7-6-17-14(19)9-16-8-11(18)10-21-13-5-3-2-4-12(13)15/h2-5,11,16,18H,6-10H2,1H3,(H,17,19). The molecule has 6 nitrogen and oxygen atoms in total. The molecule has 3 N–H and O–H groups in total. The molecule has 1 aromatic rings. The van der Waals surface area contributed by atoms with Crippen LogP contribution in [-0.2, 0) is 9.53 Å². The SMILES string of the molecule is COCCNC(=O)CNCC(O)COc1ccccc1Cl. The first-order chi connectivity index (χ1) is 10.1. The fourth-order valence-electron chi connectivity index (χ4n) is 1.51. The summed E-state index contributed by atoms with van der Waals surface area (Å²) in [5.74, 6) is 0.377. The number of halogens is 1. The zero-order valence-electron chi connectivity index (χ0n) is 12.0. The van der Waals surface area contributed by atoms with Crippen LogP contribution in [0.3, 0.4) is 0 Å². The van der Waals surface area contributed by atoms with E-state index in [0.717, 1.165) is 0 Å². The second-order valence-corrected chi connectivity index (χ2v) is 4.78. The van der Waals surface area contributed by atoms with E-state index in [0.29, 0.717) is 23.9 Å². The number of rotatable bonds is 10. The van der Waals surface area contributed by atoms with Crippen molar-refractivity contribution in [2.45, 2.75) is 6.10 Å². The number of para-hydroxylation sites is 1. The van der Waals surface area contributed by atoms with Gasteiger partial charge in [0.1, 0.15) is 18.5 Å². The maximum atomic E-state index is 11.4. The summed E-state index contributed by atoms with van der Waals surface area (Å²) in [7, 11) is 1.57. The van der Waals surface area contributed by atoms with Gasteiger partial charge in [-0.25, -0.2) is 0 Å². The number of benzene rings is 1. The summed E-state index contributed by atoms with van der Waals surface area (Å²) in [5.41, 5.74) is 0. The van der Waals surface area contributed by atoms with Crippen molar-refractivity contribution in [3.63, 3.8) is 0 Å². The Bertz CT molecular complexity index is 431. The van der Waals surface area contributed by atoms with Crippen molar-refractivity contribution in [3.05, 3.63) is 29.3 Å². The van der Waals surface area contributed by atoms with E-state index in [4.69, 9.17) is 21.1 Å². The number of ether oxygens (including phenoxy) is 2. The molecule has 0 fully saturated rings. The zero-order chi connectivity index (χ0) is 15.5. The van der Waals surface area contributed by atoms with Crippen molar-refractivity contribution >= 4 is 17.5 Å². The second-order valence-electron chi connectivity index (χ2n) is 4.37. The lowest BCUT2D eigenvalue weighted by Crippen LogP contribution is -2.39. The van der Waals surface area contributed by atoms with Crippen LogP contribution in [0.5, 0.6) is 5.75 Å². The summed E-state index contributed by atoms with van der Waals surface area (Å²) in [6.07, 6.45) is -0.729. The molecule has 0 radical (unpaired) electrons. The Balaban J connectivity index is 2.13. The molecule has 0 saturated heterocycles. The number of carbonyl (C=O) groups excluding carboxylic acids is 1. The molecule has 1 atom stereocenters. The van der Waals surface area contributed by atoms with Crippen LogP contribution in [0.25, 0.3) is 0 Å². The van der Waals surface area contributed by atoms with Gasteiger partial charge in [0.15, 0.2) is 0 Å². The average molecular weight is 317 g/mol. The zero-order valence-corrected chi connectivity index (χ0v) is 12.7. The normalized spacial score (nSPS) is 12.0. The quantitative estimate of drug-likeness (QED) is 0.546. The Labute approximate surface area is 129 Å². The van der Waals surface area contributed by atoms with Crippen LogP contribution < -0.4 is 15.4 Å². The summed E-state index contributed by atoms with van der Waals surface area (Å²) in [6, 6.07) is 7.04. The van der Waals surface area contributed by atoms with Crippen LogP contribution in [0.2, 0.25) is 5.02 Å². The lowest BCUT2D eigenvalue weighted by Gasteiger charge is -2.14.